The molecule has 4 nitrogen and oxygen atoms in total. The van der Waals surface area contributed by atoms with Crippen molar-refractivity contribution in [3.63, 3.8) is 0 Å². The average molecular weight is 290 g/mol. The van der Waals surface area contributed by atoms with Gasteiger partial charge in [-0.1, -0.05) is 11.8 Å². The molecule has 1 atom stereocenters. The Kier molecular flexibility index (Phi) is 5.45. The molecule has 1 unspecified atom stereocenters. The Labute approximate surface area is 123 Å². The molecule has 0 spiro atoms. The van der Waals surface area contributed by atoms with E-state index in [1.54, 1.807) is 18.5 Å². The lowest BCUT2D eigenvalue weighted by molar-refractivity contribution is 0.0747. The Bertz CT molecular complexity index is 530. The van der Waals surface area contributed by atoms with Crippen LogP contribution in [0.4, 0.5) is 0 Å². The van der Waals surface area contributed by atoms with E-state index in [1.807, 2.05) is 23.7 Å². The molecule has 1 aliphatic heterocycles. The van der Waals surface area contributed by atoms with Crippen LogP contribution in [0.2, 0.25) is 0 Å². The number of amides is 1. The predicted octanol–water partition coefficient (Wildman–Crippen LogP) is 1.39. The second-order valence-electron chi connectivity index (χ2n) is 4.67. The minimum atomic E-state index is -0.00388. The van der Waals surface area contributed by atoms with Gasteiger partial charge in [0.2, 0.25) is 0 Å². The molecule has 1 saturated heterocycles. The lowest BCUT2D eigenvalue weighted by Crippen LogP contribution is -2.37. The van der Waals surface area contributed by atoms with Gasteiger partial charge in [-0.05, 0) is 18.2 Å². The SMILES string of the molecule is CN(C(=O)c1cncc(C#CCCO)c1)C1CCSC1. The molecule has 1 aliphatic rings. The van der Waals surface area contributed by atoms with Crippen molar-refractivity contribution in [3.8, 4) is 11.8 Å². The van der Waals surface area contributed by atoms with Crippen LogP contribution in [0.1, 0.15) is 28.8 Å². The fourth-order valence-corrected chi connectivity index (χ4v) is 3.31. The van der Waals surface area contributed by atoms with E-state index in [9.17, 15) is 4.79 Å². The third-order valence-electron chi connectivity index (χ3n) is 3.23. The largest absolute Gasteiger partial charge is 0.395 e. The average Bonchev–Trinajstić information content (AvgIpc) is 3.00. The van der Waals surface area contributed by atoms with Gasteiger partial charge in [-0.2, -0.15) is 11.8 Å². The lowest BCUT2D eigenvalue weighted by Gasteiger charge is -2.23. The highest BCUT2D eigenvalue weighted by molar-refractivity contribution is 7.99. The Morgan fingerprint density at radius 1 is 1.60 bits per heavy atom. The van der Waals surface area contributed by atoms with E-state index in [4.69, 9.17) is 5.11 Å². The normalized spacial score (nSPS) is 17.4. The maximum absolute atomic E-state index is 12.4. The number of aliphatic hydroxyl groups is 1. The summed E-state index contributed by atoms with van der Waals surface area (Å²) in [6.45, 7) is 0.0428. The third kappa shape index (κ3) is 3.75. The van der Waals surface area contributed by atoms with Crippen LogP contribution in [0.15, 0.2) is 18.5 Å². The number of carbonyl (C=O) groups is 1. The first-order valence-electron chi connectivity index (χ1n) is 6.62. The number of aromatic nitrogens is 1. The van der Waals surface area contributed by atoms with Gasteiger partial charge in [-0.3, -0.25) is 9.78 Å². The molecule has 5 heteroatoms. The first kappa shape index (κ1) is 14.9. The van der Waals surface area contributed by atoms with Crippen LogP contribution in [0.5, 0.6) is 0 Å². The van der Waals surface area contributed by atoms with Gasteiger partial charge in [0.25, 0.3) is 5.91 Å². The van der Waals surface area contributed by atoms with Crippen molar-refractivity contribution in [2.24, 2.45) is 0 Å². The van der Waals surface area contributed by atoms with Gasteiger partial charge in [0.05, 0.1) is 12.2 Å². The van der Waals surface area contributed by atoms with Gasteiger partial charge in [0.15, 0.2) is 0 Å². The number of aliphatic hydroxyl groups excluding tert-OH is 1. The van der Waals surface area contributed by atoms with Crippen molar-refractivity contribution in [2.75, 3.05) is 25.2 Å². The maximum atomic E-state index is 12.4. The summed E-state index contributed by atoms with van der Waals surface area (Å²) in [6.07, 6.45) is 4.69. The molecule has 2 rings (SSSR count). The molecular formula is C15H18N2O2S. The van der Waals surface area contributed by atoms with E-state index < -0.39 is 0 Å². The minimum absolute atomic E-state index is 0.00388. The van der Waals surface area contributed by atoms with Crippen LogP contribution in [0, 0.1) is 11.8 Å². The summed E-state index contributed by atoms with van der Waals surface area (Å²) in [5, 5.41) is 8.70. The number of thioether (sulfide) groups is 1. The Balaban J connectivity index is 2.10. The summed E-state index contributed by atoms with van der Waals surface area (Å²) in [7, 11) is 1.85. The van der Waals surface area contributed by atoms with Gasteiger partial charge in [0, 0.05) is 43.2 Å². The molecule has 1 aromatic rings. The van der Waals surface area contributed by atoms with Crippen molar-refractivity contribution in [2.45, 2.75) is 18.9 Å². The quantitative estimate of drug-likeness (QED) is 0.855. The fraction of sp³-hybridized carbons (Fsp3) is 0.467. The first-order valence-corrected chi connectivity index (χ1v) is 7.77. The van der Waals surface area contributed by atoms with Crippen LogP contribution in [0.25, 0.3) is 0 Å². The predicted molar refractivity (Wildman–Crippen MR) is 80.6 cm³/mol. The molecule has 2 heterocycles. The van der Waals surface area contributed by atoms with Crippen molar-refractivity contribution in [1.82, 2.24) is 9.88 Å². The van der Waals surface area contributed by atoms with Crippen molar-refractivity contribution >= 4 is 17.7 Å². The van der Waals surface area contributed by atoms with Crippen LogP contribution >= 0.6 is 11.8 Å². The summed E-state index contributed by atoms with van der Waals surface area (Å²) in [5.41, 5.74) is 1.28. The van der Waals surface area contributed by atoms with E-state index >= 15 is 0 Å². The number of hydrogen-bond acceptors (Lipinski definition) is 4. The molecule has 1 fully saturated rings. The molecule has 0 aliphatic carbocycles. The number of nitrogens with zero attached hydrogens (tertiary/aromatic N) is 2. The van der Waals surface area contributed by atoms with E-state index in [-0.39, 0.29) is 12.5 Å². The van der Waals surface area contributed by atoms with Gasteiger partial charge >= 0.3 is 0 Å². The molecule has 0 aromatic carbocycles. The molecule has 0 saturated carbocycles. The van der Waals surface area contributed by atoms with Gasteiger partial charge in [0.1, 0.15) is 0 Å². The van der Waals surface area contributed by atoms with Crippen molar-refractivity contribution < 1.29 is 9.90 Å². The molecule has 1 N–H and O–H groups in total. The Morgan fingerprint density at radius 2 is 2.45 bits per heavy atom. The second kappa shape index (κ2) is 7.32. The maximum Gasteiger partial charge on any atom is 0.255 e. The number of carbonyl (C=O) groups excluding carboxylic acids is 1. The molecule has 1 amide bonds. The van der Waals surface area contributed by atoms with Gasteiger partial charge in [-0.25, -0.2) is 0 Å². The van der Waals surface area contributed by atoms with Crippen molar-refractivity contribution in [1.29, 1.82) is 0 Å². The molecule has 106 valence electrons. The van der Waals surface area contributed by atoms with E-state index in [1.165, 1.54) is 0 Å². The standard InChI is InChI=1S/C15H18N2O2S/c1-17(14-5-7-20-11-14)15(19)13-8-12(9-16-10-13)4-2-3-6-18/h8-10,14,18H,3,5-7,11H2,1H3. The lowest BCUT2D eigenvalue weighted by atomic mass is 10.1. The van der Waals surface area contributed by atoms with E-state index in [0.717, 1.165) is 17.9 Å². The highest BCUT2D eigenvalue weighted by Gasteiger charge is 2.24. The van der Waals surface area contributed by atoms with Gasteiger partial charge < -0.3 is 10.0 Å². The summed E-state index contributed by atoms with van der Waals surface area (Å²) in [4.78, 5) is 18.3. The van der Waals surface area contributed by atoms with Crippen LogP contribution in [-0.2, 0) is 0 Å². The van der Waals surface area contributed by atoms with E-state index in [2.05, 4.69) is 16.8 Å². The van der Waals surface area contributed by atoms with Crippen LogP contribution in [0.3, 0.4) is 0 Å². The topological polar surface area (TPSA) is 53.4 Å². The highest BCUT2D eigenvalue weighted by Crippen LogP contribution is 2.22. The molecule has 20 heavy (non-hydrogen) atoms. The fourth-order valence-electron chi connectivity index (χ4n) is 2.04. The van der Waals surface area contributed by atoms with Crippen LogP contribution < -0.4 is 0 Å². The van der Waals surface area contributed by atoms with Crippen LogP contribution in [-0.4, -0.2) is 52.1 Å². The third-order valence-corrected chi connectivity index (χ3v) is 4.37. The number of pyridine rings is 1. The number of hydrogen-bond donors (Lipinski definition) is 1. The minimum Gasteiger partial charge on any atom is -0.395 e. The molecule has 1 aromatic heterocycles. The highest BCUT2D eigenvalue weighted by atomic mass is 32.2. The summed E-state index contributed by atoms with van der Waals surface area (Å²) in [6, 6.07) is 2.08. The van der Waals surface area contributed by atoms with Crippen molar-refractivity contribution in [3.05, 3.63) is 29.6 Å². The Morgan fingerprint density at radius 3 is 3.15 bits per heavy atom. The van der Waals surface area contributed by atoms with E-state index in [0.29, 0.717) is 23.6 Å². The molecule has 0 radical (unpaired) electrons. The second-order valence-corrected chi connectivity index (χ2v) is 5.82. The Hall–Kier alpha value is -1.51. The zero-order valence-corrected chi connectivity index (χ0v) is 12.3. The van der Waals surface area contributed by atoms with Gasteiger partial charge in [-0.15, -0.1) is 0 Å². The zero-order valence-electron chi connectivity index (χ0n) is 11.5. The zero-order chi connectivity index (χ0) is 14.4. The summed E-state index contributed by atoms with van der Waals surface area (Å²) >= 11 is 1.88. The molecule has 0 bridgehead atoms. The monoisotopic (exact) mass is 290 g/mol. The molecular weight excluding hydrogens is 272 g/mol. The number of rotatable bonds is 3. The first-order chi connectivity index (χ1) is 9.72. The summed E-state index contributed by atoms with van der Waals surface area (Å²) < 4.78 is 0. The smallest absolute Gasteiger partial charge is 0.255 e. The summed E-state index contributed by atoms with van der Waals surface area (Å²) in [5.74, 6) is 7.86.